The van der Waals surface area contributed by atoms with Crippen LogP contribution < -0.4 is 10.1 Å². The lowest BCUT2D eigenvalue weighted by atomic mass is 10.2. The highest BCUT2D eigenvalue weighted by Crippen LogP contribution is 2.25. The SMILES string of the molecule is COCCCn1nccc1CNc1nnc(-c2cccc(OC(F)F)c2)o1. The molecule has 2 heterocycles. The maximum absolute atomic E-state index is 12.3. The molecular weight excluding hydrogens is 360 g/mol. The van der Waals surface area contributed by atoms with E-state index in [1.807, 2.05) is 10.7 Å². The molecule has 0 aliphatic carbocycles. The molecule has 0 spiro atoms. The van der Waals surface area contributed by atoms with E-state index in [0.717, 1.165) is 18.7 Å². The summed E-state index contributed by atoms with van der Waals surface area (Å²) >= 11 is 0. The molecule has 8 nitrogen and oxygen atoms in total. The summed E-state index contributed by atoms with van der Waals surface area (Å²) in [6, 6.07) is 8.19. The zero-order valence-electron chi connectivity index (χ0n) is 14.6. The van der Waals surface area contributed by atoms with Crippen LogP contribution in [-0.4, -0.2) is 40.3 Å². The van der Waals surface area contributed by atoms with Gasteiger partial charge in [0.15, 0.2) is 0 Å². The molecule has 0 saturated carbocycles. The summed E-state index contributed by atoms with van der Waals surface area (Å²) in [7, 11) is 1.66. The highest BCUT2D eigenvalue weighted by Gasteiger charge is 2.12. The lowest BCUT2D eigenvalue weighted by molar-refractivity contribution is -0.0498. The number of halogens is 2. The van der Waals surface area contributed by atoms with Gasteiger partial charge in [-0.15, -0.1) is 5.10 Å². The highest BCUT2D eigenvalue weighted by molar-refractivity contribution is 5.56. The van der Waals surface area contributed by atoms with Gasteiger partial charge in [-0.05, 0) is 30.7 Å². The number of rotatable bonds is 10. The van der Waals surface area contributed by atoms with Crippen molar-refractivity contribution in [1.82, 2.24) is 20.0 Å². The lowest BCUT2D eigenvalue weighted by Crippen LogP contribution is -2.10. The van der Waals surface area contributed by atoms with E-state index in [1.165, 1.54) is 12.1 Å². The summed E-state index contributed by atoms with van der Waals surface area (Å²) in [5.41, 5.74) is 1.44. The van der Waals surface area contributed by atoms with E-state index in [1.54, 1.807) is 25.4 Å². The maximum atomic E-state index is 12.3. The molecule has 0 fully saturated rings. The van der Waals surface area contributed by atoms with Crippen molar-refractivity contribution in [1.29, 1.82) is 0 Å². The Balaban J connectivity index is 1.61. The molecule has 3 aromatic rings. The van der Waals surface area contributed by atoms with Gasteiger partial charge in [-0.3, -0.25) is 4.68 Å². The Morgan fingerprint density at radius 1 is 1.26 bits per heavy atom. The van der Waals surface area contributed by atoms with Crippen LogP contribution in [0.4, 0.5) is 14.8 Å². The Labute approximate surface area is 154 Å². The second-order valence-electron chi connectivity index (χ2n) is 5.56. The fourth-order valence-corrected chi connectivity index (χ4v) is 2.45. The van der Waals surface area contributed by atoms with Crippen LogP contribution in [0.3, 0.4) is 0 Å². The van der Waals surface area contributed by atoms with E-state index in [0.29, 0.717) is 18.7 Å². The monoisotopic (exact) mass is 379 g/mol. The van der Waals surface area contributed by atoms with Gasteiger partial charge in [0.25, 0.3) is 0 Å². The molecule has 0 amide bonds. The molecule has 0 radical (unpaired) electrons. The minimum absolute atomic E-state index is 0.0233. The topological polar surface area (TPSA) is 87.2 Å². The van der Waals surface area contributed by atoms with Crippen molar-refractivity contribution in [3.8, 4) is 17.2 Å². The second kappa shape index (κ2) is 9.08. The Morgan fingerprint density at radius 2 is 2.15 bits per heavy atom. The number of hydrogen-bond acceptors (Lipinski definition) is 7. The molecule has 1 aromatic carbocycles. The number of nitrogens with one attached hydrogen (secondary N) is 1. The van der Waals surface area contributed by atoms with Crippen molar-refractivity contribution in [3.63, 3.8) is 0 Å². The molecule has 0 aliphatic heterocycles. The molecule has 0 atom stereocenters. The fourth-order valence-electron chi connectivity index (χ4n) is 2.45. The quantitative estimate of drug-likeness (QED) is 0.541. The molecule has 1 N–H and O–H groups in total. The Bertz CT molecular complexity index is 852. The van der Waals surface area contributed by atoms with Gasteiger partial charge in [0.2, 0.25) is 5.89 Å². The summed E-state index contributed by atoms with van der Waals surface area (Å²) in [5.74, 6) is 0.223. The van der Waals surface area contributed by atoms with Crippen LogP contribution in [0.15, 0.2) is 40.9 Å². The van der Waals surface area contributed by atoms with Gasteiger partial charge < -0.3 is 19.2 Å². The minimum atomic E-state index is -2.89. The van der Waals surface area contributed by atoms with Crippen molar-refractivity contribution < 1.29 is 22.7 Å². The van der Waals surface area contributed by atoms with Gasteiger partial charge in [0.1, 0.15) is 5.75 Å². The third kappa shape index (κ3) is 5.23. The normalized spacial score (nSPS) is 11.1. The molecule has 0 saturated heterocycles. The van der Waals surface area contributed by atoms with Crippen LogP contribution in [0.1, 0.15) is 12.1 Å². The number of alkyl halides is 2. The fraction of sp³-hybridized carbons (Fsp3) is 0.353. The first-order valence-corrected chi connectivity index (χ1v) is 8.28. The van der Waals surface area contributed by atoms with Gasteiger partial charge in [0.05, 0.1) is 12.2 Å². The first-order valence-electron chi connectivity index (χ1n) is 8.28. The van der Waals surface area contributed by atoms with E-state index in [2.05, 4.69) is 25.3 Å². The maximum Gasteiger partial charge on any atom is 0.387 e. The predicted molar refractivity (Wildman–Crippen MR) is 92.4 cm³/mol. The van der Waals surface area contributed by atoms with E-state index in [9.17, 15) is 8.78 Å². The van der Waals surface area contributed by atoms with E-state index in [4.69, 9.17) is 9.15 Å². The number of ether oxygens (including phenoxy) is 2. The first kappa shape index (κ1) is 18.8. The van der Waals surface area contributed by atoms with Crippen molar-refractivity contribution in [2.24, 2.45) is 0 Å². The van der Waals surface area contributed by atoms with Crippen molar-refractivity contribution in [2.45, 2.75) is 26.1 Å². The molecule has 3 rings (SSSR count). The average Bonchev–Trinajstić information content (AvgIpc) is 3.29. The average molecular weight is 379 g/mol. The number of aromatic nitrogens is 4. The Hall–Kier alpha value is -3.01. The van der Waals surface area contributed by atoms with Crippen LogP contribution >= 0.6 is 0 Å². The molecule has 0 aliphatic rings. The summed E-state index contributed by atoms with van der Waals surface area (Å²) in [5, 5.41) is 15.1. The lowest BCUT2D eigenvalue weighted by Gasteiger charge is -2.07. The number of methoxy groups -OCH3 is 1. The number of aryl methyl sites for hydroxylation is 1. The molecular formula is C17H19F2N5O3. The molecule has 2 aromatic heterocycles. The largest absolute Gasteiger partial charge is 0.435 e. The predicted octanol–water partition coefficient (Wildman–Crippen LogP) is 3.18. The molecule has 10 heteroatoms. The van der Waals surface area contributed by atoms with Gasteiger partial charge in [-0.2, -0.15) is 13.9 Å². The molecule has 27 heavy (non-hydrogen) atoms. The summed E-state index contributed by atoms with van der Waals surface area (Å²) in [4.78, 5) is 0. The van der Waals surface area contributed by atoms with Gasteiger partial charge in [-0.25, -0.2) is 0 Å². The Morgan fingerprint density at radius 3 is 2.96 bits per heavy atom. The van der Waals surface area contributed by atoms with Gasteiger partial charge >= 0.3 is 12.6 Å². The summed E-state index contributed by atoms with van der Waals surface area (Å²) in [6.07, 6.45) is 2.57. The van der Waals surface area contributed by atoms with E-state index < -0.39 is 6.61 Å². The van der Waals surface area contributed by atoms with Crippen LogP contribution in [0.5, 0.6) is 5.75 Å². The van der Waals surface area contributed by atoms with Crippen molar-refractivity contribution in [2.75, 3.05) is 19.0 Å². The first-order chi connectivity index (χ1) is 13.2. The molecule has 144 valence electrons. The van der Waals surface area contributed by atoms with Crippen LogP contribution in [0.25, 0.3) is 11.5 Å². The molecule has 0 bridgehead atoms. The highest BCUT2D eigenvalue weighted by atomic mass is 19.3. The van der Waals surface area contributed by atoms with Gasteiger partial charge in [-0.1, -0.05) is 11.2 Å². The summed E-state index contributed by atoms with van der Waals surface area (Å²) in [6.45, 7) is -1.05. The summed E-state index contributed by atoms with van der Waals surface area (Å²) < 4.78 is 41.5. The number of anilines is 1. The van der Waals surface area contributed by atoms with Crippen molar-refractivity contribution in [3.05, 3.63) is 42.2 Å². The van der Waals surface area contributed by atoms with Crippen molar-refractivity contribution >= 4 is 6.01 Å². The second-order valence-corrected chi connectivity index (χ2v) is 5.56. The number of benzene rings is 1. The van der Waals surface area contributed by atoms with Gasteiger partial charge in [0, 0.05) is 32.0 Å². The zero-order valence-corrected chi connectivity index (χ0v) is 14.6. The van der Waals surface area contributed by atoms with E-state index >= 15 is 0 Å². The number of nitrogens with zero attached hydrogens (tertiary/aromatic N) is 4. The Kier molecular flexibility index (Phi) is 6.31. The third-order valence-electron chi connectivity index (χ3n) is 3.67. The minimum Gasteiger partial charge on any atom is -0.435 e. The molecule has 0 unspecified atom stereocenters. The van der Waals surface area contributed by atoms with Crippen LogP contribution in [-0.2, 0) is 17.8 Å². The standard InChI is InChI=1S/C17H19F2N5O3/c1-25-9-3-8-24-13(6-7-21-24)11-20-17-23-22-15(27-17)12-4-2-5-14(10-12)26-16(18)19/h2,4-7,10,16H,3,8-9,11H2,1H3,(H,20,23). The zero-order chi connectivity index (χ0) is 19.1. The van der Waals surface area contributed by atoms with Crippen LogP contribution in [0.2, 0.25) is 0 Å². The van der Waals surface area contributed by atoms with E-state index in [-0.39, 0.29) is 17.7 Å². The number of hydrogen-bond donors (Lipinski definition) is 1. The smallest absolute Gasteiger partial charge is 0.387 e. The third-order valence-corrected chi connectivity index (χ3v) is 3.67. The van der Waals surface area contributed by atoms with Crippen LogP contribution in [0, 0.1) is 0 Å².